The Balaban J connectivity index is 1.57. The number of rotatable bonds is 3. The summed E-state index contributed by atoms with van der Waals surface area (Å²) in [5, 5.41) is 2.68. The zero-order chi connectivity index (χ0) is 18.8. The first kappa shape index (κ1) is 16.8. The van der Waals surface area contributed by atoms with Gasteiger partial charge in [-0.1, -0.05) is 18.2 Å². The number of benzene rings is 2. The number of hydrogen-bond acceptors (Lipinski definition) is 5. The predicted octanol–water partition coefficient (Wildman–Crippen LogP) is 3.31. The number of anilines is 1. The van der Waals surface area contributed by atoms with Gasteiger partial charge in [0.15, 0.2) is 5.70 Å². The van der Waals surface area contributed by atoms with Crippen LogP contribution in [0.5, 0.6) is 5.75 Å². The number of aliphatic imine (C=N–C) groups is 1. The number of amides is 1. The number of cyclic esters (lactones) is 1. The third-order valence-electron chi connectivity index (χ3n) is 4.05. The molecule has 0 radical (unpaired) electrons. The lowest BCUT2D eigenvalue weighted by Gasteiger charge is -2.15. The van der Waals surface area contributed by atoms with Gasteiger partial charge in [0, 0.05) is 23.7 Å². The Hall–Kier alpha value is -3.67. The van der Waals surface area contributed by atoms with Crippen molar-refractivity contribution in [3.63, 3.8) is 0 Å². The number of para-hydroxylation sites is 1. The van der Waals surface area contributed by atoms with Crippen LogP contribution in [0.3, 0.4) is 0 Å². The summed E-state index contributed by atoms with van der Waals surface area (Å²) >= 11 is 0. The highest BCUT2D eigenvalue weighted by Gasteiger charge is 2.25. The van der Waals surface area contributed by atoms with Gasteiger partial charge in [-0.25, -0.2) is 9.79 Å². The van der Waals surface area contributed by atoms with E-state index in [-0.39, 0.29) is 17.5 Å². The van der Waals surface area contributed by atoms with E-state index < -0.39 is 5.97 Å². The largest absolute Gasteiger partial charge is 0.488 e. The molecule has 2 aromatic carbocycles. The molecule has 2 aromatic rings. The van der Waals surface area contributed by atoms with Crippen LogP contribution in [0.15, 0.2) is 70.9 Å². The zero-order valence-corrected chi connectivity index (χ0v) is 14.6. The highest BCUT2D eigenvalue weighted by molar-refractivity contribution is 6.11. The first-order valence-electron chi connectivity index (χ1n) is 8.41. The summed E-state index contributed by atoms with van der Waals surface area (Å²) in [7, 11) is 0. The molecule has 0 atom stereocenters. The summed E-state index contributed by atoms with van der Waals surface area (Å²) in [5.74, 6) is 0.397. The summed E-state index contributed by atoms with van der Waals surface area (Å²) < 4.78 is 11.0. The van der Waals surface area contributed by atoms with Crippen molar-refractivity contribution >= 4 is 29.5 Å². The number of carbonyl (C=O) groups excluding carboxylic acids is 2. The van der Waals surface area contributed by atoms with E-state index in [1.807, 2.05) is 30.3 Å². The van der Waals surface area contributed by atoms with E-state index in [0.717, 1.165) is 16.9 Å². The summed E-state index contributed by atoms with van der Waals surface area (Å²) in [6.07, 6.45) is 3.64. The monoisotopic (exact) mass is 360 g/mol. The summed E-state index contributed by atoms with van der Waals surface area (Å²) in [6.45, 7) is 1.81. The lowest BCUT2D eigenvalue weighted by atomic mass is 10.1. The second-order valence-corrected chi connectivity index (χ2v) is 6.14. The Morgan fingerprint density at radius 2 is 1.93 bits per heavy atom. The van der Waals surface area contributed by atoms with E-state index in [0.29, 0.717) is 17.9 Å². The van der Waals surface area contributed by atoms with Gasteiger partial charge in [-0.05, 0) is 48.1 Å². The molecule has 0 spiro atoms. The minimum atomic E-state index is -0.504. The van der Waals surface area contributed by atoms with Crippen LogP contribution in [0.25, 0.3) is 6.08 Å². The topological polar surface area (TPSA) is 77.0 Å². The minimum Gasteiger partial charge on any atom is -0.488 e. The van der Waals surface area contributed by atoms with E-state index in [1.165, 1.54) is 6.92 Å². The van der Waals surface area contributed by atoms with Gasteiger partial charge in [-0.3, -0.25) is 4.79 Å². The molecular weight excluding hydrogens is 344 g/mol. The van der Waals surface area contributed by atoms with Crippen LogP contribution in [0.4, 0.5) is 5.69 Å². The third kappa shape index (κ3) is 3.64. The van der Waals surface area contributed by atoms with Crippen molar-refractivity contribution in [3.05, 3.63) is 77.0 Å². The minimum absolute atomic E-state index is 0.151. The number of hydrogen-bond donors (Lipinski definition) is 1. The number of esters is 1. The smallest absolute Gasteiger partial charge is 0.363 e. The molecule has 2 aliphatic rings. The molecule has 0 saturated carbocycles. The lowest BCUT2D eigenvalue weighted by molar-refractivity contribution is -0.130. The second kappa shape index (κ2) is 6.92. The van der Waals surface area contributed by atoms with Crippen molar-refractivity contribution in [2.75, 3.05) is 11.9 Å². The number of carbonyl (C=O) groups is 2. The van der Waals surface area contributed by atoms with Crippen LogP contribution < -0.4 is 10.1 Å². The standard InChI is InChI=1S/C21H16N2O4/c1-13(24)22-17-8-6-15(7-9-17)20-23-18(21(25)27-20)11-14-10-16-4-2-3-5-19(16)26-12-14/h2-11H,12H2,1H3,(H,22,24). The van der Waals surface area contributed by atoms with Crippen LogP contribution in [-0.2, 0) is 14.3 Å². The first-order valence-corrected chi connectivity index (χ1v) is 8.41. The molecule has 4 rings (SSSR count). The van der Waals surface area contributed by atoms with Crippen LogP contribution >= 0.6 is 0 Å². The Morgan fingerprint density at radius 1 is 1.15 bits per heavy atom. The Kier molecular flexibility index (Phi) is 4.30. The maximum absolute atomic E-state index is 12.2. The number of fused-ring (bicyclic) bond motifs is 1. The maximum Gasteiger partial charge on any atom is 0.363 e. The summed E-state index contributed by atoms with van der Waals surface area (Å²) in [5.41, 5.74) is 3.34. The van der Waals surface area contributed by atoms with Crippen molar-refractivity contribution in [3.8, 4) is 5.75 Å². The highest BCUT2D eigenvalue weighted by atomic mass is 16.6. The van der Waals surface area contributed by atoms with Crippen molar-refractivity contribution in [2.45, 2.75) is 6.92 Å². The fourth-order valence-corrected chi connectivity index (χ4v) is 2.82. The van der Waals surface area contributed by atoms with Gasteiger partial charge in [-0.15, -0.1) is 0 Å². The molecule has 2 heterocycles. The second-order valence-electron chi connectivity index (χ2n) is 6.14. The van der Waals surface area contributed by atoms with Crippen LogP contribution in [0.2, 0.25) is 0 Å². The fourth-order valence-electron chi connectivity index (χ4n) is 2.82. The molecule has 6 heteroatoms. The SMILES string of the molecule is CC(=O)Nc1ccc(C2=NC(=CC3=Cc4ccccc4OC3)C(=O)O2)cc1. The molecule has 134 valence electrons. The quantitative estimate of drug-likeness (QED) is 0.673. The van der Waals surface area contributed by atoms with Crippen LogP contribution in [0.1, 0.15) is 18.1 Å². The molecule has 0 fully saturated rings. The fraction of sp³-hybridized carbons (Fsp3) is 0.0952. The number of ether oxygens (including phenoxy) is 2. The molecule has 2 aliphatic heterocycles. The van der Waals surface area contributed by atoms with Crippen molar-refractivity contribution in [1.82, 2.24) is 0 Å². The molecule has 0 unspecified atom stereocenters. The third-order valence-corrected chi connectivity index (χ3v) is 4.05. The van der Waals surface area contributed by atoms with Gasteiger partial charge >= 0.3 is 5.97 Å². The van der Waals surface area contributed by atoms with Crippen LogP contribution in [0, 0.1) is 0 Å². The van der Waals surface area contributed by atoms with E-state index in [4.69, 9.17) is 9.47 Å². The highest BCUT2D eigenvalue weighted by Crippen LogP contribution is 2.27. The molecule has 0 bridgehead atoms. The molecule has 6 nitrogen and oxygen atoms in total. The van der Waals surface area contributed by atoms with Crippen molar-refractivity contribution in [2.24, 2.45) is 4.99 Å². The molecule has 0 aliphatic carbocycles. The molecule has 0 saturated heterocycles. The molecule has 1 amide bonds. The zero-order valence-electron chi connectivity index (χ0n) is 14.6. The molecule has 0 aromatic heterocycles. The summed E-state index contributed by atoms with van der Waals surface area (Å²) in [6, 6.07) is 14.6. The first-order chi connectivity index (χ1) is 13.1. The van der Waals surface area contributed by atoms with E-state index >= 15 is 0 Å². The van der Waals surface area contributed by atoms with Crippen molar-refractivity contribution < 1.29 is 19.1 Å². The van der Waals surface area contributed by atoms with Gasteiger partial charge in [0.25, 0.3) is 0 Å². The normalized spacial score (nSPS) is 16.8. The maximum atomic E-state index is 12.2. The van der Waals surface area contributed by atoms with Crippen LogP contribution in [-0.4, -0.2) is 24.4 Å². The van der Waals surface area contributed by atoms with Gasteiger partial charge in [0.2, 0.25) is 11.8 Å². The van der Waals surface area contributed by atoms with Gasteiger partial charge in [0.05, 0.1) is 0 Å². The average molecular weight is 360 g/mol. The number of nitrogens with zero attached hydrogens (tertiary/aromatic N) is 1. The Morgan fingerprint density at radius 3 is 2.70 bits per heavy atom. The van der Waals surface area contributed by atoms with E-state index in [2.05, 4.69) is 10.3 Å². The number of nitrogens with one attached hydrogen (secondary N) is 1. The van der Waals surface area contributed by atoms with Gasteiger partial charge in [-0.2, -0.15) is 0 Å². The average Bonchev–Trinajstić information content (AvgIpc) is 3.02. The lowest BCUT2D eigenvalue weighted by Crippen LogP contribution is -2.08. The van der Waals surface area contributed by atoms with Crippen molar-refractivity contribution in [1.29, 1.82) is 0 Å². The molecular formula is C21H16N2O4. The van der Waals surface area contributed by atoms with E-state index in [9.17, 15) is 9.59 Å². The summed E-state index contributed by atoms with van der Waals surface area (Å²) in [4.78, 5) is 27.5. The Labute approximate surface area is 155 Å². The van der Waals surface area contributed by atoms with E-state index in [1.54, 1.807) is 30.3 Å². The Bertz CT molecular complexity index is 1020. The molecule has 27 heavy (non-hydrogen) atoms. The van der Waals surface area contributed by atoms with Gasteiger partial charge in [0.1, 0.15) is 12.4 Å². The molecule has 1 N–H and O–H groups in total. The predicted molar refractivity (Wildman–Crippen MR) is 101 cm³/mol. The van der Waals surface area contributed by atoms with Gasteiger partial charge < -0.3 is 14.8 Å².